The molecule has 1 aromatic heterocycles. The van der Waals surface area contributed by atoms with Crippen molar-refractivity contribution in [3.63, 3.8) is 0 Å². The number of aryl methyl sites for hydroxylation is 1. The van der Waals surface area contributed by atoms with Gasteiger partial charge in [-0.1, -0.05) is 19.9 Å². The van der Waals surface area contributed by atoms with Crippen molar-refractivity contribution < 1.29 is 14.3 Å². The zero-order valence-electron chi connectivity index (χ0n) is 11.6. The molecule has 1 N–H and O–H groups in total. The first-order valence-corrected chi connectivity index (χ1v) is 6.60. The largest absolute Gasteiger partial charge is 0.481 e. The summed E-state index contributed by atoms with van der Waals surface area (Å²) >= 11 is 0. The first kappa shape index (κ1) is 13.6. The van der Waals surface area contributed by atoms with Gasteiger partial charge in [0.2, 0.25) is 0 Å². The van der Waals surface area contributed by atoms with Crippen molar-refractivity contribution in [2.75, 3.05) is 0 Å². The molecule has 1 heterocycles. The van der Waals surface area contributed by atoms with Gasteiger partial charge in [-0.05, 0) is 37.5 Å². The lowest BCUT2D eigenvalue weighted by atomic mass is 9.79. The Hall–Kier alpha value is -1.84. The summed E-state index contributed by atoms with van der Waals surface area (Å²) in [6, 6.07) is 5.79. The summed E-state index contributed by atoms with van der Waals surface area (Å²) in [5, 5.41) is 9.43. The highest BCUT2D eigenvalue weighted by Crippen LogP contribution is 2.32. The first-order chi connectivity index (χ1) is 9.00. The second-order valence-electron chi connectivity index (χ2n) is 5.05. The Morgan fingerprint density at radius 1 is 1.37 bits per heavy atom. The molecule has 0 aliphatic heterocycles. The standard InChI is InChI=1S/C15H19NO3/c1-4-15(5-2,14(17)18)9-13-16-11-7-6-10(3)8-12(11)19-13/h6-8H,4-5,9H2,1-3H3,(H,17,18). The van der Waals surface area contributed by atoms with Crippen molar-refractivity contribution in [2.45, 2.75) is 40.0 Å². The molecule has 0 radical (unpaired) electrons. The molecule has 0 aliphatic rings. The van der Waals surface area contributed by atoms with Gasteiger partial charge in [0.1, 0.15) is 5.52 Å². The number of carboxylic acids is 1. The van der Waals surface area contributed by atoms with Crippen LogP contribution < -0.4 is 0 Å². The minimum atomic E-state index is -0.782. The molecule has 0 atom stereocenters. The molecule has 102 valence electrons. The Bertz CT molecular complexity index is 596. The van der Waals surface area contributed by atoms with Crippen LogP contribution in [0.5, 0.6) is 0 Å². The van der Waals surface area contributed by atoms with Gasteiger partial charge in [-0.25, -0.2) is 4.98 Å². The van der Waals surface area contributed by atoms with Gasteiger partial charge in [0.15, 0.2) is 11.5 Å². The van der Waals surface area contributed by atoms with E-state index in [9.17, 15) is 9.90 Å². The fourth-order valence-corrected chi connectivity index (χ4v) is 2.32. The molecule has 0 amide bonds. The van der Waals surface area contributed by atoms with Gasteiger partial charge in [0.05, 0.1) is 5.41 Å². The van der Waals surface area contributed by atoms with E-state index in [0.29, 0.717) is 25.2 Å². The first-order valence-electron chi connectivity index (χ1n) is 6.60. The highest BCUT2D eigenvalue weighted by molar-refractivity contribution is 5.76. The van der Waals surface area contributed by atoms with E-state index in [1.165, 1.54) is 0 Å². The van der Waals surface area contributed by atoms with E-state index in [2.05, 4.69) is 4.98 Å². The summed E-state index contributed by atoms with van der Waals surface area (Å²) in [7, 11) is 0. The third kappa shape index (κ3) is 2.48. The van der Waals surface area contributed by atoms with E-state index >= 15 is 0 Å². The van der Waals surface area contributed by atoms with Gasteiger partial charge < -0.3 is 9.52 Å². The lowest BCUT2D eigenvalue weighted by molar-refractivity contribution is -0.149. The summed E-state index contributed by atoms with van der Waals surface area (Å²) in [4.78, 5) is 15.9. The Morgan fingerprint density at radius 2 is 2.05 bits per heavy atom. The second kappa shape index (κ2) is 5.03. The van der Waals surface area contributed by atoms with Gasteiger partial charge in [0.25, 0.3) is 0 Å². The molecule has 4 nitrogen and oxygen atoms in total. The Morgan fingerprint density at radius 3 is 2.63 bits per heavy atom. The van der Waals surface area contributed by atoms with Gasteiger partial charge in [0, 0.05) is 6.42 Å². The maximum Gasteiger partial charge on any atom is 0.310 e. The number of benzene rings is 1. The number of oxazole rings is 1. The molecule has 0 aliphatic carbocycles. The number of carbonyl (C=O) groups is 1. The summed E-state index contributed by atoms with van der Waals surface area (Å²) < 4.78 is 5.68. The van der Waals surface area contributed by atoms with E-state index < -0.39 is 11.4 Å². The third-order valence-corrected chi connectivity index (χ3v) is 3.89. The summed E-state index contributed by atoms with van der Waals surface area (Å²) in [5.74, 6) is -0.275. The predicted molar refractivity (Wildman–Crippen MR) is 73.1 cm³/mol. The molecular weight excluding hydrogens is 242 g/mol. The minimum absolute atomic E-state index is 0.336. The van der Waals surface area contributed by atoms with Gasteiger partial charge in [-0.15, -0.1) is 0 Å². The molecule has 0 fully saturated rings. The predicted octanol–water partition coefficient (Wildman–Crippen LogP) is 3.57. The van der Waals surface area contributed by atoms with Gasteiger partial charge in [-0.3, -0.25) is 4.79 Å². The summed E-state index contributed by atoms with van der Waals surface area (Å²) in [6.07, 6.45) is 1.47. The molecular formula is C15H19NO3. The normalized spacial score (nSPS) is 11.9. The van der Waals surface area contributed by atoms with E-state index in [4.69, 9.17) is 4.42 Å². The van der Waals surface area contributed by atoms with Crippen LogP contribution in [0.4, 0.5) is 0 Å². The Labute approximate surface area is 112 Å². The topological polar surface area (TPSA) is 63.3 Å². The highest BCUT2D eigenvalue weighted by atomic mass is 16.4. The molecule has 19 heavy (non-hydrogen) atoms. The van der Waals surface area contributed by atoms with Crippen molar-refractivity contribution in [1.82, 2.24) is 4.98 Å². The van der Waals surface area contributed by atoms with E-state index in [1.54, 1.807) is 0 Å². The molecule has 0 saturated carbocycles. The number of fused-ring (bicyclic) bond motifs is 1. The van der Waals surface area contributed by atoms with Crippen LogP contribution in [0.15, 0.2) is 22.6 Å². The highest BCUT2D eigenvalue weighted by Gasteiger charge is 2.36. The van der Waals surface area contributed by atoms with Crippen LogP contribution in [0.1, 0.15) is 38.1 Å². The molecule has 4 heteroatoms. The smallest absolute Gasteiger partial charge is 0.310 e. The average molecular weight is 261 g/mol. The van der Waals surface area contributed by atoms with Crippen molar-refractivity contribution in [3.8, 4) is 0 Å². The number of rotatable bonds is 5. The van der Waals surface area contributed by atoms with Crippen molar-refractivity contribution in [2.24, 2.45) is 5.41 Å². The zero-order valence-corrected chi connectivity index (χ0v) is 11.6. The molecule has 0 saturated heterocycles. The lowest BCUT2D eigenvalue weighted by Gasteiger charge is -2.24. The zero-order chi connectivity index (χ0) is 14.0. The molecule has 2 rings (SSSR count). The number of aromatic nitrogens is 1. The Kier molecular flexibility index (Phi) is 3.60. The minimum Gasteiger partial charge on any atom is -0.481 e. The maximum atomic E-state index is 11.5. The van der Waals surface area contributed by atoms with Gasteiger partial charge in [-0.2, -0.15) is 0 Å². The number of nitrogens with zero attached hydrogens (tertiary/aromatic N) is 1. The van der Waals surface area contributed by atoms with E-state index in [1.807, 2.05) is 39.0 Å². The van der Waals surface area contributed by atoms with Crippen LogP contribution in [0.3, 0.4) is 0 Å². The SMILES string of the molecule is CCC(CC)(Cc1nc2ccc(C)cc2o1)C(=O)O. The van der Waals surface area contributed by atoms with Crippen molar-refractivity contribution in [3.05, 3.63) is 29.7 Å². The number of hydrogen-bond donors (Lipinski definition) is 1. The monoisotopic (exact) mass is 261 g/mol. The fourth-order valence-electron chi connectivity index (χ4n) is 2.32. The lowest BCUT2D eigenvalue weighted by Crippen LogP contribution is -2.32. The number of carboxylic acid groups (broad SMARTS) is 1. The second-order valence-corrected chi connectivity index (χ2v) is 5.05. The maximum absolute atomic E-state index is 11.5. The van der Waals surface area contributed by atoms with E-state index in [0.717, 1.165) is 16.7 Å². The fraction of sp³-hybridized carbons (Fsp3) is 0.467. The van der Waals surface area contributed by atoms with Crippen LogP contribution in [-0.4, -0.2) is 16.1 Å². The third-order valence-electron chi connectivity index (χ3n) is 3.89. The average Bonchev–Trinajstić information content (AvgIpc) is 2.77. The molecule has 0 bridgehead atoms. The van der Waals surface area contributed by atoms with Crippen LogP contribution in [0, 0.1) is 12.3 Å². The quantitative estimate of drug-likeness (QED) is 0.893. The van der Waals surface area contributed by atoms with Crippen LogP contribution in [0.2, 0.25) is 0 Å². The molecule has 1 aromatic carbocycles. The molecule has 0 spiro atoms. The molecule has 0 unspecified atom stereocenters. The van der Waals surface area contributed by atoms with Crippen molar-refractivity contribution >= 4 is 17.1 Å². The van der Waals surface area contributed by atoms with Crippen LogP contribution >= 0.6 is 0 Å². The van der Waals surface area contributed by atoms with Crippen LogP contribution in [0.25, 0.3) is 11.1 Å². The summed E-state index contributed by atoms with van der Waals surface area (Å²) in [5.41, 5.74) is 1.83. The van der Waals surface area contributed by atoms with E-state index in [-0.39, 0.29) is 0 Å². The van der Waals surface area contributed by atoms with Crippen molar-refractivity contribution in [1.29, 1.82) is 0 Å². The number of aliphatic carboxylic acids is 1. The summed E-state index contributed by atoms with van der Waals surface area (Å²) in [6.45, 7) is 5.77. The number of hydrogen-bond acceptors (Lipinski definition) is 3. The molecule has 2 aromatic rings. The van der Waals surface area contributed by atoms with Crippen LogP contribution in [-0.2, 0) is 11.2 Å². The Balaban J connectivity index is 2.36. The van der Waals surface area contributed by atoms with Gasteiger partial charge >= 0.3 is 5.97 Å².